The third kappa shape index (κ3) is 7.05. The number of esters is 1. The number of rotatable bonds is 7. The lowest BCUT2D eigenvalue weighted by Crippen LogP contribution is -2.33. The Labute approximate surface area is 285 Å². The first kappa shape index (κ1) is 32.1. The van der Waals surface area contributed by atoms with E-state index in [4.69, 9.17) is 9.72 Å². The lowest BCUT2D eigenvalue weighted by molar-refractivity contribution is 0.00638. The van der Waals surface area contributed by atoms with Gasteiger partial charge in [-0.2, -0.15) is 5.10 Å². The van der Waals surface area contributed by atoms with Gasteiger partial charge in [-0.3, -0.25) is 14.8 Å². The highest BCUT2D eigenvalue weighted by molar-refractivity contribution is 7.22. The van der Waals surface area contributed by atoms with E-state index in [9.17, 15) is 18.4 Å². The topological polar surface area (TPSA) is 102 Å². The van der Waals surface area contributed by atoms with E-state index in [0.717, 1.165) is 27.4 Å². The molecule has 0 saturated heterocycles. The average Bonchev–Trinajstić information content (AvgIpc) is 3.69. The van der Waals surface area contributed by atoms with Crippen molar-refractivity contribution >= 4 is 44.4 Å². The van der Waals surface area contributed by atoms with Crippen LogP contribution in [0.4, 0.5) is 19.7 Å². The lowest BCUT2D eigenvalue weighted by Gasteiger charge is -2.31. The van der Waals surface area contributed by atoms with Crippen molar-refractivity contribution in [3.8, 4) is 11.1 Å². The zero-order chi connectivity index (χ0) is 34.3. The normalized spacial score (nSPS) is 13.0. The molecule has 6 aromatic rings. The van der Waals surface area contributed by atoms with Gasteiger partial charge in [0.25, 0.3) is 5.91 Å². The molecule has 0 spiro atoms. The monoisotopic (exact) mass is 678 g/mol. The van der Waals surface area contributed by atoms with Crippen molar-refractivity contribution in [3.63, 3.8) is 0 Å². The summed E-state index contributed by atoms with van der Waals surface area (Å²) >= 11 is 1.42. The Morgan fingerprint density at radius 3 is 2.55 bits per heavy atom. The quantitative estimate of drug-likeness (QED) is 0.173. The molecular weight excluding hydrogens is 647 g/mol. The number of carbonyl (C=O) groups is 2. The molecule has 0 atom stereocenters. The number of hydrogen-bond acceptors (Lipinski definition) is 8. The van der Waals surface area contributed by atoms with Crippen LogP contribution in [0.3, 0.4) is 0 Å². The number of ether oxygens (including phenoxy) is 1. The molecule has 49 heavy (non-hydrogen) atoms. The highest BCUT2D eigenvalue weighted by Crippen LogP contribution is 2.32. The predicted molar refractivity (Wildman–Crippen MR) is 185 cm³/mol. The molecule has 3 aromatic heterocycles. The van der Waals surface area contributed by atoms with Gasteiger partial charge in [0.15, 0.2) is 10.8 Å². The molecule has 1 aliphatic rings. The van der Waals surface area contributed by atoms with Gasteiger partial charge >= 0.3 is 5.97 Å². The molecule has 9 nitrogen and oxygen atoms in total. The molecule has 4 heterocycles. The second-order valence-corrected chi connectivity index (χ2v) is 13.9. The summed E-state index contributed by atoms with van der Waals surface area (Å²) in [5.41, 5.74) is 4.17. The van der Waals surface area contributed by atoms with E-state index in [1.54, 1.807) is 43.9 Å². The number of aromatic nitrogens is 4. The summed E-state index contributed by atoms with van der Waals surface area (Å²) in [6.45, 7) is 6.51. The molecule has 0 aliphatic carbocycles. The van der Waals surface area contributed by atoms with Crippen molar-refractivity contribution in [3.05, 3.63) is 125 Å². The molecule has 1 aliphatic heterocycles. The van der Waals surface area contributed by atoms with Gasteiger partial charge in [-0.05, 0) is 86.3 Å². The fraction of sp³-hybridized carbons (Fsp3) is 0.216. The van der Waals surface area contributed by atoms with E-state index in [2.05, 4.69) is 15.4 Å². The summed E-state index contributed by atoms with van der Waals surface area (Å²) in [6, 6.07) is 20.4. The molecule has 0 unspecified atom stereocenters. The van der Waals surface area contributed by atoms with Crippen LogP contribution in [-0.2, 0) is 24.2 Å². The second kappa shape index (κ2) is 12.8. The molecule has 1 amide bonds. The maximum Gasteiger partial charge on any atom is 0.358 e. The van der Waals surface area contributed by atoms with Gasteiger partial charge in [0, 0.05) is 42.0 Å². The van der Waals surface area contributed by atoms with Crippen LogP contribution in [0.5, 0.6) is 0 Å². The van der Waals surface area contributed by atoms with Crippen molar-refractivity contribution < 1.29 is 23.1 Å². The fourth-order valence-corrected chi connectivity index (χ4v) is 6.76. The molecular formula is C37H32F2N6O3S. The number of anilines is 2. The Hall–Kier alpha value is -5.49. The fourth-order valence-electron chi connectivity index (χ4n) is 5.90. The van der Waals surface area contributed by atoms with Crippen molar-refractivity contribution in [1.29, 1.82) is 0 Å². The summed E-state index contributed by atoms with van der Waals surface area (Å²) in [6.07, 6.45) is 3.95. The van der Waals surface area contributed by atoms with Crippen LogP contribution in [0.2, 0.25) is 0 Å². The minimum Gasteiger partial charge on any atom is -0.455 e. The number of halogens is 2. The summed E-state index contributed by atoms with van der Waals surface area (Å²) in [7, 11) is 0. The minimum absolute atomic E-state index is 0.108. The zero-order valence-electron chi connectivity index (χ0n) is 27.0. The summed E-state index contributed by atoms with van der Waals surface area (Å²) in [5, 5.41) is 7.87. The maximum atomic E-state index is 13.8. The van der Waals surface area contributed by atoms with Crippen molar-refractivity contribution in [1.82, 2.24) is 19.7 Å². The van der Waals surface area contributed by atoms with Crippen molar-refractivity contribution in [2.45, 2.75) is 45.9 Å². The number of thiazole rings is 1. The Morgan fingerprint density at radius 2 is 1.78 bits per heavy atom. The van der Waals surface area contributed by atoms with E-state index in [1.807, 2.05) is 53.4 Å². The van der Waals surface area contributed by atoms with Crippen LogP contribution < -0.4 is 10.2 Å². The van der Waals surface area contributed by atoms with Gasteiger partial charge in [0.2, 0.25) is 0 Å². The first-order valence-corrected chi connectivity index (χ1v) is 16.6. The average molecular weight is 679 g/mol. The summed E-state index contributed by atoms with van der Waals surface area (Å²) in [4.78, 5) is 38.5. The Balaban J connectivity index is 1.17. The number of para-hydroxylation sites is 1. The van der Waals surface area contributed by atoms with Gasteiger partial charge in [-0.1, -0.05) is 35.6 Å². The van der Waals surface area contributed by atoms with Crippen LogP contribution in [0.15, 0.2) is 85.2 Å². The largest absolute Gasteiger partial charge is 0.455 e. The number of hydrogen-bond donors (Lipinski definition) is 1. The van der Waals surface area contributed by atoms with E-state index < -0.39 is 23.2 Å². The number of pyridine rings is 1. The third-order valence-corrected chi connectivity index (χ3v) is 8.99. The number of fused-ring (bicyclic) bond motifs is 2. The molecule has 248 valence electrons. The number of benzene rings is 3. The third-order valence-electron chi connectivity index (χ3n) is 8.04. The van der Waals surface area contributed by atoms with Crippen molar-refractivity contribution in [2.24, 2.45) is 0 Å². The summed E-state index contributed by atoms with van der Waals surface area (Å²) in [5.74, 6) is -1.63. The molecule has 0 fully saturated rings. The molecule has 0 bridgehead atoms. The number of amides is 1. The van der Waals surface area contributed by atoms with Gasteiger partial charge in [-0.25, -0.2) is 23.5 Å². The van der Waals surface area contributed by atoms with E-state index in [-0.39, 0.29) is 18.1 Å². The SMILES string of the molecule is CC(C)(C)OC(=O)c1nc(N2CCc3cccc(C(=O)Nc4nc5ccccc5s4)c3C2)ccc1-c1cnn(Cc2cc(F)cc(F)c2)c1. The Kier molecular flexibility index (Phi) is 8.41. The van der Waals surface area contributed by atoms with E-state index >= 15 is 0 Å². The van der Waals surface area contributed by atoms with Crippen LogP contribution in [0.1, 0.15) is 58.3 Å². The zero-order valence-corrected chi connectivity index (χ0v) is 27.9. The van der Waals surface area contributed by atoms with Crippen molar-refractivity contribution in [2.75, 3.05) is 16.8 Å². The Bertz CT molecular complexity index is 2170. The van der Waals surface area contributed by atoms with Crippen LogP contribution in [-0.4, -0.2) is 43.8 Å². The molecule has 0 saturated carbocycles. The maximum absolute atomic E-state index is 13.8. The molecule has 0 radical (unpaired) electrons. The van der Waals surface area contributed by atoms with Gasteiger partial charge in [0.1, 0.15) is 23.1 Å². The number of nitrogens with zero attached hydrogens (tertiary/aromatic N) is 5. The highest BCUT2D eigenvalue weighted by Gasteiger charge is 2.27. The molecule has 3 aromatic carbocycles. The number of nitrogens with one attached hydrogen (secondary N) is 1. The van der Waals surface area contributed by atoms with Crippen LogP contribution in [0.25, 0.3) is 21.3 Å². The first-order chi connectivity index (χ1) is 23.5. The molecule has 12 heteroatoms. The van der Waals surface area contributed by atoms with E-state index in [0.29, 0.717) is 52.7 Å². The van der Waals surface area contributed by atoms with Gasteiger partial charge in [0.05, 0.1) is 23.0 Å². The van der Waals surface area contributed by atoms with Gasteiger partial charge < -0.3 is 9.64 Å². The standard InChI is InChI=1S/C37H32F2N6O3S/c1-37(2,3)48-35(47)33-27(24-18-40-45(20-24)19-22-15-25(38)17-26(39)16-22)11-12-32(42-33)44-14-13-23-7-6-8-28(29(23)21-44)34(46)43-36-41-30-9-4-5-10-31(30)49-36/h4-12,15-18,20H,13-14,19,21H2,1-3H3,(H,41,43,46). The van der Waals surface area contributed by atoms with Crippen LogP contribution in [0, 0.1) is 11.6 Å². The van der Waals surface area contributed by atoms with E-state index in [1.165, 1.54) is 23.5 Å². The molecule has 1 N–H and O–H groups in total. The Morgan fingerprint density at radius 1 is 0.980 bits per heavy atom. The molecule has 7 rings (SSSR count). The summed E-state index contributed by atoms with van der Waals surface area (Å²) < 4.78 is 35.8. The number of carbonyl (C=O) groups excluding carboxylic acids is 2. The smallest absolute Gasteiger partial charge is 0.358 e. The minimum atomic E-state index is -0.771. The van der Waals surface area contributed by atoms with Gasteiger partial charge in [-0.15, -0.1) is 0 Å². The second-order valence-electron chi connectivity index (χ2n) is 12.8. The predicted octanol–water partition coefficient (Wildman–Crippen LogP) is 7.65. The lowest BCUT2D eigenvalue weighted by atomic mass is 9.94. The van der Waals surface area contributed by atoms with Crippen LogP contribution >= 0.6 is 11.3 Å². The first-order valence-electron chi connectivity index (χ1n) is 15.7. The highest BCUT2D eigenvalue weighted by atomic mass is 32.1.